The fourth-order valence-corrected chi connectivity index (χ4v) is 2.89. The molecule has 1 saturated heterocycles. The van der Waals surface area contributed by atoms with E-state index in [1.807, 2.05) is 13.8 Å². The first kappa shape index (κ1) is 13.9. The fraction of sp³-hybridized carbons (Fsp3) is 0.733. The van der Waals surface area contributed by atoms with Crippen molar-refractivity contribution in [3.05, 3.63) is 0 Å². The number of carbonyl (C=O) groups is 2. The second-order valence-corrected chi connectivity index (χ2v) is 5.46. The van der Waals surface area contributed by atoms with E-state index < -0.39 is 0 Å². The summed E-state index contributed by atoms with van der Waals surface area (Å²) < 4.78 is 0. The molecular weight excluding hydrogens is 240 g/mol. The molecule has 1 saturated carbocycles. The maximum atomic E-state index is 12.6. The summed E-state index contributed by atoms with van der Waals surface area (Å²) in [4.78, 5) is 26.6. The Labute approximate surface area is 114 Å². The number of nitrogens with zero attached hydrogens (tertiary/aromatic N) is 1. The Bertz CT molecular complexity index is 409. The molecule has 0 aromatic heterocycles. The van der Waals surface area contributed by atoms with Crippen LogP contribution in [0.1, 0.15) is 46.0 Å². The predicted molar refractivity (Wildman–Crippen MR) is 73.1 cm³/mol. The van der Waals surface area contributed by atoms with E-state index in [0.717, 1.165) is 19.3 Å². The number of hydrogen-bond acceptors (Lipinski definition) is 2. The van der Waals surface area contributed by atoms with E-state index in [-0.39, 0.29) is 29.9 Å². The molecule has 2 amide bonds. The van der Waals surface area contributed by atoms with E-state index in [9.17, 15) is 9.59 Å². The van der Waals surface area contributed by atoms with Gasteiger partial charge in [-0.05, 0) is 31.6 Å². The van der Waals surface area contributed by atoms with Crippen LogP contribution in [0, 0.1) is 18.3 Å². The topological polar surface area (TPSA) is 49.4 Å². The molecule has 3 atom stereocenters. The molecule has 2 fully saturated rings. The van der Waals surface area contributed by atoms with E-state index >= 15 is 0 Å². The van der Waals surface area contributed by atoms with Gasteiger partial charge in [0, 0.05) is 12.5 Å². The summed E-state index contributed by atoms with van der Waals surface area (Å²) in [6, 6.07) is -0.697. The van der Waals surface area contributed by atoms with Crippen LogP contribution in [0.25, 0.3) is 0 Å². The molecule has 2 rings (SSSR count). The number of hydrogen-bond donors (Lipinski definition) is 1. The van der Waals surface area contributed by atoms with E-state index in [0.29, 0.717) is 18.8 Å². The van der Waals surface area contributed by atoms with Crippen molar-refractivity contribution < 1.29 is 9.59 Å². The molecular formula is C15H22N2O2. The highest BCUT2D eigenvalue weighted by atomic mass is 16.2. The molecule has 0 bridgehead atoms. The van der Waals surface area contributed by atoms with Gasteiger partial charge in [0.25, 0.3) is 0 Å². The lowest BCUT2D eigenvalue weighted by atomic mass is 9.97. The maximum absolute atomic E-state index is 12.6. The standard InChI is InChI=1S/C15H22N2O2/c1-4-7-11(5-2)17-12(6-3)14(18)16-13(15(17)19)10-8-9-10/h1,10-13H,5-9H2,2-3H3,(H,16,18). The lowest BCUT2D eigenvalue weighted by molar-refractivity contribution is -0.153. The van der Waals surface area contributed by atoms with Crippen LogP contribution < -0.4 is 5.32 Å². The molecule has 3 unspecified atom stereocenters. The van der Waals surface area contributed by atoms with Crippen molar-refractivity contribution in [3.63, 3.8) is 0 Å². The average Bonchev–Trinajstić information content (AvgIpc) is 3.22. The van der Waals surface area contributed by atoms with E-state index in [1.54, 1.807) is 4.90 Å². The SMILES string of the molecule is C#CCC(CC)N1C(=O)C(C2CC2)NC(=O)C1CC. The minimum Gasteiger partial charge on any atom is -0.342 e. The molecule has 0 radical (unpaired) electrons. The lowest BCUT2D eigenvalue weighted by Gasteiger charge is -2.42. The maximum Gasteiger partial charge on any atom is 0.246 e. The normalized spacial score (nSPS) is 28.8. The highest BCUT2D eigenvalue weighted by Crippen LogP contribution is 2.36. The van der Waals surface area contributed by atoms with Crippen molar-refractivity contribution in [2.24, 2.45) is 5.92 Å². The highest BCUT2D eigenvalue weighted by molar-refractivity contribution is 5.97. The minimum absolute atomic E-state index is 0.0188. The molecule has 1 N–H and O–H groups in total. The van der Waals surface area contributed by atoms with E-state index in [1.165, 1.54) is 0 Å². The highest BCUT2D eigenvalue weighted by Gasteiger charge is 2.47. The third kappa shape index (κ3) is 2.60. The number of piperazine rings is 1. The Morgan fingerprint density at radius 2 is 2.11 bits per heavy atom. The van der Waals surface area contributed by atoms with Crippen molar-refractivity contribution >= 4 is 11.8 Å². The van der Waals surface area contributed by atoms with Crippen molar-refractivity contribution in [1.29, 1.82) is 0 Å². The van der Waals surface area contributed by atoms with Crippen LogP contribution in [0.2, 0.25) is 0 Å². The fourth-order valence-electron chi connectivity index (χ4n) is 2.89. The van der Waals surface area contributed by atoms with E-state index in [4.69, 9.17) is 6.42 Å². The first-order valence-electron chi connectivity index (χ1n) is 7.20. The molecule has 4 heteroatoms. The van der Waals surface area contributed by atoms with Gasteiger partial charge in [0.1, 0.15) is 12.1 Å². The Balaban J connectivity index is 2.24. The summed E-state index contributed by atoms with van der Waals surface area (Å²) >= 11 is 0. The Morgan fingerprint density at radius 1 is 1.42 bits per heavy atom. The monoisotopic (exact) mass is 262 g/mol. The quantitative estimate of drug-likeness (QED) is 0.759. The van der Waals surface area contributed by atoms with Crippen LogP contribution in [0.4, 0.5) is 0 Å². The second kappa shape index (κ2) is 5.64. The van der Waals surface area contributed by atoms with Gasteiger partial charge in [-0.2, -0.15) is 0 Å². The summed E-state index contributed by atoms with van der Waals surface area (Å²) in [5.41, 5.74) is 0. The minimum atomic E-state index is -0.360. The van der Waals surface area contributed by atoms with Gasteiger partial charge in [0.15, 0.2) is 0 Å². The van der Waals surface area contributed by atoms with Gasteiger partial charge >= 0.3 is 0 Å². The van der Waals surface area contributed by atoms with Gasteiger partial charge < -0.3 is 10.2 Å². The number of rotatable bonds is 5. The van der Waals surface area contributed by atoms with Gasteiger partial charge in [-0.1, -0.05) is 13.8 Å². The summed E-state index contributed by atoms with van der Waals surface area (Å²) in [5.74, 6) is 3.01. The first-order chi connectivity index (χ1) is 9.13. The van der Waals surface area contributed by atoms with Gasteiger partial charge in [-0.3, -0.25) is 9.59 Å². The summed E-state index contributed by atoms with van der Waals surface area (Å²) in [6.45, 7) is 3.95. The smallest absolute Gasteiger partial charge is 0.246 e. The van der Waals surface area contributed by atoms with Crippen LogP contribution in [0.15, 0.2) is 0 Å². The molecule has 0 aromatic carbocycles. The molecule has 4 nitrogen and oxygen atoms in total. The first-order valence-corrected chi connectivity index (χ1v) is 7.20. The molecule has 1 aliphatic carbocycles. The zero-order chi connectivity index (χ0) is 14.0. The zero-order valence-corrected chi connectivity index (χ0v) is 11.7. The van der Waals surface area contributed by atoms with Gasteiger partial charge in [0.05, 0.1) is 0 Å². The number of terminal acetylenes is 1. The van der Waals surface area contributed by atoms with Crippen LogP contribution >= 0.6 is 0 Å². The second-order valence-electron chi connectivity index (χ2n) is 5.46. The zero-order valence-electron chi connectivity index (χ0n) is 11.7. The Hall–Kier alpha value is -1.50. The summed E-state index contributed by atoms with van der Waals surface area (Å²) in [5, 5.41) is 2.90. The molecule has 19 heavy (non-hydrogen) atoms. The Morgan fingerprint density at radius 3 is 2.58 bits per heavy atom. The third-order valence-electron chi connectivity index (χ3n) is 4.15. The summed E-state index contributed by atoms with van der Waals surface area (Å²) in [7, 11) is 0. The van der Waals surface area contributed by atoms with Gasteiger partial charge in [-0.15, -0.1) is 12.3 Å². The molecule has 0 aromatic rings. The number of nitrogens with one attached hydrogen (secondary N) is 1. The summed E-state index contributed by atoms with van der Waals surface area (Å²) in [6.07, 6.45) is 9.41. The molecule has 1 aliphatic heterocycles. The van der Waals surface area contributed by atoms with Crippen LogP contribution in [-0.4, -0.2) is 34.8 Å². The van der Waals surface area contributed by atoms with Crippen LogP contribution in [0.3, 0.4) is 0 Å². The van der Waals surface area contributed by atoms with Crippen molar-refractivity contribution in [1.82, 2.24) is 10.2 Å². The molecule has 104 valence electrons. The van der Waals surface area contributed by atoms with Crippen molar-refractivity contribution in [2.45, 2.75) is 64.1 Å². The molecule has 0 spiro atoms. The molecule has 1 heterocycles. The average molecular weight is 262 g/mol. The number of carbonyl (C=O) groups excluding carboxylic acids is 2. The lowest BCUT2D eigenvalue weighted by Crippen LogP contribution is -2.66. The predicted octanol–water partition coefficient (Wildman–Crippen LogP) is 1.30. The Kier molecular flexibility index (Phi) is 4.14. The van der Waals surface area contributed by atoms with Gasteiger partial charge in [0.2, 0.25) is 11.8 Å². The van der Waals surface area contributed by atoms with Crippen LogP contribution in [-0.2, 0) is 9.59 Å². The molecule has 2 aliphatic rings. The largest absolute Gasteiger partial charge is 0.342 e. The van der Waals surface area contributed by atoms with Gasteiger partial charge in [-0.25, -0.2) is 0 Å². The van der Waals surface area contributed by atoms with Crippen LogP contribution in [0.5, 0.6) is 0 Å². The van der Waals surface area contributed by atoms with Crippen molar-refractivity contribution in [2.75, 3.05) is 0 Å². The van der Waals surface area contributed by atoms with E-state index in [2.05, 4.69) is 11.2 Å². The number of amides is 2. The van der Waals surface area contributed by atoms with Crippen molar-refractivity contribution in [3.8, 4) is 12.3 Å². The third-order valence-corrected chi connectivity index (χ3v) is 4.15.